The van der Waals surface area contributed by atoms with Gasteiger partial charge in [-0.3, -0.25) is 9.59 Å². The van der Waals surface area contributed by atoms with Gasteiger partial charge in [0, 0.05) is 11.1 Å². The van der Waals surface area contributed by atoms with E-state index in [-0.39, 0.29) is 24.8 Å². The summed E-state index contributed by atoms with van der Waals surface area (Å²) in [7, 11) is 0. The van der Waals surface area contributed by atoms with Crippen molar-refractivity contribution in [1.82, 2.24) is 5.32 Å². The number of halogens is 1. The molecule has 98 valence electrons. The number of nitrogens with one attached hydrogen (secondary N) is 1. The van der Waals surface area contributed by atoms with E-state index in [0.29, 0.717) is 5.02 Å². The van der Waals surface area contributed by atoms with Crippen molar-refractivity contribution in [2.45, 2.75) is 32.7 Å². The van der Waals surface area contributed by atoms with Gasteiger partial charge < -0.3 is 10.4 Å². The van der Waals surface area contributed by atoms with Gasteiger partial charge in [-0.25, -0.2) is 0 Å². The minimum Gasteiger partial charge on any atom is -0.481 e. The molecular weight excluding hydrogens is 254 g/mol. The molecule has 0 saturated carbocycles. The van der Waals surface area contributed by atoms with Crippen molar-refractivity contribution in [2.75, 3.05) is 0 Å². The van der Waals surface area contributed by atoms with Crippen LogP contribution < -0.4 is 5.32 Å². The lowest BCUT2D eigenvalue weighted by atomic mass is 10.1. The first kappa shape index (κ1) is 14.5. The first-order valence-corrected chi connectivity index (χ1v) is 6.02. The fourth-order valence-corrected chi connectivity index (χ4v) is 1.77. The molecule has 0 saturated heterocycles. The maximum absolute atomic E-state index is 11.7. The van der Waals surface area contributed by atoms with Crippen LogP contribution in [-0.2, 0) is 16.0 Å². The first-order valence-electron chi connectivity index (χ1n) is 5.64. The Balaban J connectivity index is 2.54. The fraction of sp³-hybridized carbons (Fsp3) is 0.385. The molecule has 0 bridgehead atoms. The fourth-order valence-electron chi connectivity index (χ4n) is 1.57. The van der Waals surface area contributed by atoms with Crippen molar-refractivity contribution >= 4 is 23.5 Å². The Kier molecular flexibility index (Phi) is 5.16. The van der Waals surface area contributed by atoms with E-state index in [1.54, 1.807) is 13.0 Å². The van der Waals surface area contributed by atoms with Crippen LogP contribution in [0.15, 0.2) is 18.2 Å². The lowest BCUT2D eigenvalue weighted by Crippen LogP contribution is -2.35. The molecule has 1 aromatic rings. The molecule has 1 rings (SSSR count). The Bertz CT molecular complexity index is 460. The Morgan fingerprint density at radius 2 is 2.11 bits per heavy atom. The minimum absolute atomic E-state index is 0.0829. The van der Waals surface area contributed by atoms with Crippen molar-refractivity contribution in [3.63, 3.8) is 0 Å². The molecule has 0 aliphatic carbocycles. The largest absolute Gasteiger partial charge is 0.481 e. The predicted octanol–water partition coefficient (Wildman–Crippen LogP) is 2.17. The maximum Gasteiger partial charge on any atom is 0.305 e. The van der Waals surface area contributed by atoms with Crippen LogP contribution in [0.3, 0.4) is 0 Å². The van der Waals surface area contributed by atoms with E-state index < -0.39 is 5.97 Å². The number of carboxylic acid groups (broad SMARTS) is 1. The van der Waals surface area contributed by atoms with Crippen LogP contribution >= 0.6 is 11.6 Å². The number of carbonyl (C=O) groups excluding carboxylic acids is 1. The molecule has 4 nitrogen and oxygen atoms in total. The number of hydrogen-bond donors (Lipinski definition) is 2. The Labute approximate surface area is 111 Å². The lowest BCUT2D eigenvalue weighted by Gasteiger charge is -2.11. The van der Waals surface area contributed by atoms with Gasteiger partial charge >= 0.3 is 5.97 Å². The van der Waals surface area contributed by atoms with Crippen LogP contribution in [0.4, 0.5) is 0 Å². The van der Waals surface area contributed by atoms with Crippen LogP contribution in [0.5, 0.6) is 0 Å². The number of aryl methyl sites for hydroxylation is 1. The normalized spacial score (nSPS) is 11.9. The summed E-state index contributed by atoms with van der Waals surface area (Å²) in [6, 6.07) is 5.06. The number of carboxylic acids is 1. The van der Waals surface area contributed by atoms with Gasteiger partial charge in [0.2, 0.25) is 5.91 Å². The first-order chi connectivity index (χ1) is 8.38. The third-order valence-corrected chi connectivity index (χ3v) is 2.90. The second-order valence-corrected chi connectivity index (χ2v) is 4.73. The highest BCUT2D eigenvalue weighted by Gasteiger charge is 2.11. The summed E-state index contributed by atoms with van der Waals surface area (Å²) in [5.41, 5.74) is 1.77. The highest BCUT2D eigenvalue weighted by molar-refractivity contribution is 6.31. The van der Waals surface area contributed by atoms with Gasteiger partial charge in [0.15, 0.2) is 0 Å². The average Bonchev–Trinajstić information content (AvgIpc) is 2.21. The van der Waals surface area contributed by atoms with E-state index in [9.17, 15) is 9.59 Å². The van der Waals surface area contributed by atoms with Crippen LogP contribution in [0, 0.1) is 6.92 Å². The number of carbonyl (C=O) groups is 2. The number of hydrogen-bond acceptors (Lipinski definition) is 2. The van der Waals surface area contributed by atoms with Gasteiger partial charge in [0.1, 0.15) is 0 Å². The molecule has 0 heterocycles. The molecule has 0 spiro atoms. The number of aliphatic carboxylic acids is 1. The van der Waals surface area contributed by atoms with Gasteiger partial charge in [-0.2, -0.15) is 0 Å². The number of amides is 1. The van der Waals surface area contributed by atoms with Crippen LogP contribution in [0.1, 0.15) is 24.5 Å². The molecule has 2 N–H and O–H groups in total. The quantitative estimate of drug-likeness (QED) is 0.861. The summed E-state index contributed by atoms with van der Waals surface area (Å²) in [5.74, 6) is -1.13. The van der Waals surface area contributed by atoms with Gasteiger partial charge in [-0.05, 0) is 31.0 Å². The zero-order valence-corrected chi connectivity index (χ0v) is 11.1. The molecule has 0 aliphatic rings. The predicted molar refractivity (Wildman–Crippen MR) is 69.8 cm³/mol. The third kappa shape index (κ3) is 4.75. The molecule has 0 aromatic heterocycles. The molecule has 5 heteroatoms. The molecule has 0 aliphatic heterocycles. The molecule has 0 radical (unpaired) electrons. The highest BCUT2D eigenvalue weighted by atomic mass is 35.5. The van der Waals surface area contributed by atoms with Crippen LogP contribution in [0.2, 0.25) is 5.02 Å². The van der Waals surface area contributed by atoms with Gasteiger partial charge in [0.25, 0.3) is 0 Å². The van der Waals surface area contributed by atoms with Crippen molar-refractivity contribution in [1.29, 1.82) is 0 Å². The Hall–Kier alpha value is -1.55. The molecular formula is C13H16ClNO3. The second kappa shape index (κ2) is 6.40. The standard InChI is InChI=1S/C13H16ClNO3/c1-8-3-4-10(6-11(8)14)7-12(16)15-9(2)5-13(17)18/h3-4,6,9H,5,7H2,1-2H3,(H,15,16)(H,17,18). The zero-order chi connectivity index (χ0) is 13.7. The van der Waals surface area contributed by atoms with E-state index in [2.05, 4.69) is 5.32 Å². The summed E-state index contributed by atoms with van der Waals surface area (Å²) < 4.78 is 0. The summed E-state index contributed by atoms with van der Waals surface area (Å²) in [5, 5.41) is 11.8. The molecule has 1 amide bonds. The van der Waals surface area contributed by atoms with E-state index in [4.69, 9.17) is 16.7 Å². The number of benzene rings is 1. The lowest BCUT2D eigenvalue weighted by molar-refractivity contribution is -0.137. The topological polar surface area (TPSA) is 66.4 Å². The van der Waals surface area contributed by atoms with Gasteiger partial charge in [-0.1, -0.05) is 23.7 Å². The van der Waals surface area contributed by atoms with Gasteiger partial charge in [0.05, 0.1) is 12.8 Å². The molecule has 1 atom stereocenters. The maximum atomic E-state index is 11.7. The molecule has 18 heavy (non-hydrogen) atoms. The van der Waals surface area contributed by atoms with Crippen LogP contribution in [0.25, 0.3) is 0 Å². The third-order valence-electron chi connectivity index (χ3n) is 2.49. The van der Waals surface area contributed by atoms with E-state index in [1.807, 2.05) is 19.1 Å². The summed E-state index contributed by atoms with van der Waals surface area (Å²) in [6.07, 6.45) is 0.115. The van der Waals surface area contributed by atoms with Crippen LogP contribution in [-0.4, -0.2) is 23.0 Å². The van der Waals surface area contributed by atoms with Crippen molar-refractivity contribution in [2.24, 2.45) is 0 Å². The van der Waals surface area contributed by atoms with Crippen molar-refractivity contribution in [3.8, 4) is 0 Å². The average molecular weight is 270 g/mol. The Morgan fingerprint density at radius 1 is 1.44 bits per heavy atom. The number of rotatable bonds is 5. The summed E-state index contributed by atoms with van der Waals surface area (Å²) in [4.78, 5) is 22.1. The van der Waals surface area contributed by atoms with Crippen molar-refractivity contribution in [3.05, 3.63) is 34.3 Å². The summed E-state index contributed by atoms with van der Waals surface area (Å²) >= 11 is 5.96. The smallest absolute Gasteiger partial charge is 0.305 e. The van der Waals surface area contributed by atoms with E-state index in [1.165, 1.54) is 0 Å². The molecule has 0 fully saturated rings. The van der Waals surface area contributed by atoms with E-state index >= 15 is 0 Å². The van der Waals surface area contributed by atoms with Crippen molar-refractivity contribution < 1.29 is 14.7 Å². The van der Waals surface area contributed by atoms with Gasteiger partial charge in [-0.15, -0.1) is 0 Å². The molecule has 1 aromatic carbocycles. The second-order valence-electron chi connectivity index (χ2n) is 4.33. The minimum atomic E-state index is -0.929. The Morgan fingerprint density at radius 3 is 2.67 bits per heavy atom. The zero-order valence-electron chi connectivity index (χ0n) is 10.4. The highest BCUT2D eigenvalue weighted by Crippen LogP contribution is 2.16. The monoisotopic (exact) mass is 269 g/mol. The van der Waals surface area contributed by atoms with E-state index in [0.717, 1.165) is 11.1 Å². The molecule has 1 unspecified atom stereocenters. The summed E-state index contributed by atoms with van der Waals surface area (Å²) in [6.45, 7) is 3.55. The SMILES string of the molecule is Cc1ccc(CC(=O)NC(C)CC(=O)O)cc1Cl.